The molecule has 0 saturated carbocycles. The molecule has 0 aromatic heterocycles. The van der Waals surface area contributed by atoms with E-state index in [0.717, 1.165) is 0 Å². The second-order valence-corrected chi connectivity index (χ2v) is 4.29. The molecule has 6 heteroatoms. The molecule has 3 nitrogen and oxygen atoms in total. The van der Waals surface area contributed by atoms with Crippen molar-refractivity contribution in [2.75, 3.05) is 7.11 Å². The first-order valence-electron chi connectivity index (χ1n) is 6.15. The van der Waals surface area contributed by atoms with Crippen molar-refractivity contribution in [2.45, 2.75) is 12.7 Å². The van der Waals surface area contributed by atoms with E-state index in [1.54, 1.807) is 12.1 Å². The molecule has 2 rings (SSSR count). The van der Waals surface area contributed by atoms with E-state index in [4.69, 9.17) is 10.5 Å². The van der Waals surface area contributed by atoms with E-state index in [2.05, 4.69) is 4.74 Å². The Morgan fingerprint density at radius 2 is 1.81 bits per heavy atom. The number of methoxy groups -OCH3 is 1. The van der Waals surface area contributed by atoms with Gasteiger partial charge in [0.1, 0.15) is 5.75 Å². The first kappa shape index (κ1) is 15.2. The van der Waals surface area contributed by atoms with Gasteiger partial charge < -0.3 is 15.2 Å². The van der Waals surface area contributed by atoms with Crippen LogP contribution in [0, 0.1) is 5.82 Å². The summed E-state index contributed by atoms with van der Waals surface area (Å²) < 4.78 is 47.8. The zero-order valence-electron chi connectivity index (χ0n) is 11.2. The molecule has 112 valence electrons. The van der Waals surface area contributed by atoms with Gasteiger partial charge in [-0.1, -0.05) is 24.3 Å². The van der Waals surface area contributed by atoms with Crippen LogP contribution in [-0.4, -0.2) is 13.7 Å². The summed E-state index contributed by atoms with van der Waals surface area (Å²) >= 11 is 0. The third-order valence-electron chi connectivity index (χ3n) is 2.99. The van der Waals surface area contributed by atoms with Gasteiger partial charge in [0.25, 0.3) is 0 Å². The summed E-state index contributed by atoms with van der Waals surface area (Å²) in [7, 11) is 1.35. The molecule has 0 fully saturated rings. The maximum atomic E-state index is 14.2. The van der Waals surface area contributed by atoms with Crippen molar-refractivity contribution in [3.8, 4) is 11.5 Å². The summed E-state index contributed by atoms with van der Waals surface area (Å²) in [6.45, 7) is -2.93. The third kappa shape index (κ3) is 3.46. The molecule has 1 unspecified atom stereocenters. The molecule has 0 spiro atoms. The van der Waals surface area contributed by atoms with Crippen molar-refractivity contribution >= 4 is 0 Å². The fraction of sp³-hybridized carbons (Fsp3) is 0.200. The molecule has 1 atom stereocenters. The average molecular weight is 297 g/mol. The Kier molecular flexibility index (Phi) is 4.70. The maximum Gasteiger partial charge on any atom is 0.387 e. The first-order valence-corrected chi connectivity index (χ1v) is 6.15. The van der Waals surface area contributed by atoms with Crippen LogP contribution in [0.25, 0.3) is 0 Å². The lowest BCUT2D eigenvalue weighted by atomic mass is 9.98. The van der Waals surface area contributed by atoms with Crippen molar-refractivity contribution in [1.29, 1.82) is 0 Å². The lowest BCUT2D eigenvalue weighted by Crippen LogP contribution is -2.14. The largest absolute Gasteiger partial charge is 0.494 e. The van der Waals surface area contributed by atoms with Crippen molar-refractivity contribution in [3.63, 3.8) is 0 Å². The van der Waals surface area contributed by atoms with Gasteiger partial charge in [0.05, 0.1) is 13.2 Å². The number of halogens is 3. The molecule has 0 aliphatic rings. The fourth-order valence-corrected chi connectivity index (χ4v) is 1.99. The monoisotopic (exact) mass is 297 g/mol. The molecule has 0 radical (unpaired) electrons. The van der Waals surface area contributed by atoms with E-state index in [1.807, 2.05) is 0 Å². The van der Waals surface area contributed by atoms with Crippen LogP contribution in [0.3, 0.4) is 0 Å². The standard InChI is InChI=1S/C15H14F3NO2/c1-20-12-7-3-6-11(13(12)16)14(19)9-4-2-5-10(8-9)21-15(17)18/h2-8,14-15H,19H2,1H3. The number of rotatable bonds is 5. The Bertz CT molecular complexity index is 620. The van der Waals surface area contributed by atoms with E-state index in [1.165, 1.54) is 37.4 Å². The number of benzene rings is 2. The molecular formula is C15H14F3NO2. The molecule has 0 aliphatic heterocycles. The molecular weight excluding hydrogens is 283 g/mol. The van der Waals surface area contributed by atoms with Gasteiger partial charge in [-0.05, 0) is 23.8 Å². The Hall–Kier alpha value is -2.21. The van der Waals surface area contributed by atoms with Crippen LogP contribution in [0.15, 0.2) is 42.5 Å². The van der Waals surface area contributed by atoms with Gasteiger partial charge in [-0.15, -0.1) is 0 Å². The highest BCUT2D eigenvalue weighted by Gasteiger charge is 2.17. The topological polar surface area (TPSA) is 44.5 Å². The van der Waals surface area contributed by atoms with Crippen molar-refractivity contribution in [1.82, 2.24) is 0 Å². The molecule has 0 amide bonds. The molecule has 2 aromatic rings. The minimum atomic E-state index is -2.93. The highest BCUT2D eigenvalue weighted by atomic mass is 19.3. The molecule has 0 bridgehead atoms. The molecule has 0 heterocycles. The van der Waals surface area contributed by atoms with Gasteiger partial charge in [0.2, 0.25) is 0 Å². The lowest BCUT2D eigenvalue weighted by molar-refractivity contribution is -0.0498. The van der Waals surface area contributed by atoms with Crippen LogP contribution in [0.5, 0.6) is 11.5 Å². The van der Waals surface area contributed by atoms with E-state index < -0.39 is 18.5 Å². The summed E-state index contributed by atoms with van der Waals surface area (Å²) in [6, 6.07) is 9.65. The number of nitrogens with two attached hydrogens (primary N) is 1. The quantitative estimate of drug-likeness (QED) is 0.919. The SMILES string of the molecule is COc1cccc(C(N)c2cccc(OC(F)F)c2)c1F. The molecule has 0 saturated heterocycles. The van der Waals surface area contributed by atoms with Crippen LogP contribution in [0.1, 0.15) is 17.2 Å². The maximum absolute atomic E-state index is 14.2. The normalized spacial score (nSPS) is 12.3. The van der Waals surface area contributed by atoms with Gasteiger partial charge in [0.15, 0.2) is 11.6 Å². The number of hydrogen-bond acceptors (Lipinski definition) is 3. The fourth-order valence-electron chi connectivity index (χ4n) is 1.99. The number of hydrogen-bond donors (Lipinski definition) is 1. The smallest absolute Gasteiger partial charge is 0.387 e. The van der Waals surface area contributed by atoms with Crippen LogP contribution in [0.4, 0.5) is 13.2 Å². The van der Waals surface area contributed by atoms with Gasteiger partial charge in [0, 0.05) is 5.56 Å². The Labute approximate surface area is 120 Å². The Balaban J connectivity index is 2.34. The van der Waals surface area contributed by atoms with Crippen LogP contribution < -0.4 is 15.2 Å². The Morgan fingerprint density at radius 1 is 1.10 bits per heavy atom. The van der Waals surface area contributed by atoms with Gasteiger partial charge >= 0.3 is 6.61 Å². The van der Waals surface area contributed by atoms with E-state index >= 15 is 0 Å². The van der Waals surface area contributed by atoms with E-state index in [-0.39, 0.29) is 17.1 Å². The van der Waals surface area contributed by atoms with Crippen molar-refractivity contribution < 1.29 is 22.6 Å². The van der Waals surface area contributed by atoms with Crippen molar-refractivity contribution in [3.05, 3.63) is 59.4 Å². The molecule has 21 heavy (non-hydrogen) atoms. The second kappa shape index (κ2) is 6.49. The van der Waals surface area contributed by atoms with Crippen molar-refractivity contribution in [2.24, 2.45) is 5.73 Å². The predicted molar refractivity (Wildman–Crippen MR) is 72.1 cm³/mol. The number of ether oxygens (including phenoxy) is 2. The second-order valence-electron chi connectivity index (χ2n) is 4.29. The predicted octanol–water partition coefficient (Wildman–Crippen LogP) is 3.48. The average Bonchev–Trinajstić information content (AvgIpc) is 2.46. The summed E-state index contributed by atoms with van der Waals surface area (Å²) in [6.07, 6.45) is 0. The highest BCUT2D eigenvalue weighted by molar-refractivity contribution is 5.40. The van der Waals surface area contributed by atoms with Gasteiger partial charge in [-0.2, -0.15) is 8.78 Å². The van der Waals surface area contributed by atoms with E-state index in [0.29, 0.717) is 5.56 Å². The summed E-state index contributed by atoms with van der Waals surface area (Å²) in [5.74, 6) is -0.531. The number of alkyl halides is 2. The zero-order valence-corrected chi connectivity index (χ0v) is 11.2. The minimum absolute atomic E-state index is 0.0266. The van der Waals surface area contributed by atoms with Crippen LogP contribution in [-0.2, 0) is 0 Å². The first-order chi connectivity index (χ1) is 10.0. The lowest BCUT2D eigenvalue weighted by Gasteiger charge is -2.16. The third-order valence-corrected chi connectivity index (χ3v) is 2.99. The molecule has 2 N–H and O–H groups in total. The van der Waals surface area contributed by atoms with Crippen LogP contribution in [0.2, 0.25) is 0 Å². The highest BCUT2D eigenvalue weighted by Crippen LogP contribution is 2.29. The van der Waals surface area contributed by atoms with Gasteiger partial charge in [-0.25, -0.2) is 4.39 Å². The van der Waals surface area contributed by atoms with E-state index in [9.17, 15) is 13.2 Å². The van der Waals surface area contributed by atoms with Crippen LogP contribution >= 0.6 is 0 Å². The molecule has 2 aromatic carbocycles. The summed E-state index contributed by atoms with van der Waals surface area (Å²) in [5.41, 5.74) is 6.67. The molecule has 0 aliphatic carbocycles. The zero-order chi connectivity index (χ0) is 15.4. The summed E-state index contributed by atoms with van der Waals surface area (Å²) in [5, 5.41) is 0. The Morgan fingerprint density at radius 3 is 2.48 bits per heavy atom. The van der Waals surface area contributed by atoms with Gasteiger partial charge in [-0.3, -0.25) is 0 Å². The summed E-state index contributed by atoms with van der Waals surface area (Å²) in [4.78, 5) is 0. The minimum Gasteiger partial charge on any atom is -0.494 e.